The number of methoxy groups -OCH3 is 1. The Labute approximate surface area is 175 Å². The van der Waals surface area contributed by atoms with E-state index in [1.54, 1.807) is 7.11 Å². The lowest BCUT2D eigenvalue weighted by Gasteiger charge is -2.17. The second-order valence-corrected chi connectivity index (χ2v) is 8.02. The number of nitrogens with one attached hydrogen (secondary N) is 2. The Bertz CT molecular complexity index is 912. The van der Waals surface area contributed by atoms with Crippen molar-refractivity contribution in [2.45, 2.75) is 36.6 Å². The van der Waals surface area contributed by atoms with Gasteiger partial charge in [-0.05, 0) is 43.2 Å². The highest BCUT2D eigenvalue weighted by molar-refractivity contribution is 8.00. The number of aromatic amines is 1. The Morgan fingerprint density at radius 3 is 2.55 bits per heavy atom. The second kappa shape index (κ2) is 10.1. The maximum atomic E-state index is 12.5. The summed E-state index contributed by atoms with van der Waals surface area (Å²) in [6.45, 7) is 4.62. The van der Waals surface area contributed by atoms with Crippen LogP contribution in [0.5, 0.6) is 5.75 Å². The minimum Gasteiger partial charge on any atom is -0.497 e. The molecule has 1 aromatic heterocycles. The number of hydrogen-bond donors (Lipinski definition) is 2. The van der Waals surface area contributed by atoms with Gasteiger partial charge in [-0.15, -0.1) is 5.10 Å². The lowest BCUT2D eigenvalue weighted by molar-refractivity contribution is -0.120. The fourth-order valence-electron chi connectivity index (χ4n) is 2.98. The normalized spacial score (nSPS) is 12.9. The van der Waals surface area contributed by atoms with Crippen LogP contribution in [0.25, 0.3) is 11.4 Å². The van der Waals surface area contributed by atoms with Crippen LogP contribution in [0.2, 0.25) is 0 Å². The molecule has 6 nitrogen and oxygen atoms in total. The molecule has 0 saturated carbocycles. The van der Waals surface area contributed by atoms with E-state index in [4.69, 9.17) is 4.74 Å². The van der Waals surface area contributed by atoms with Gasteiger partial charge in [-0.3, -0.25) is 9.89 Å². The molecule has 0 unspecified atom stereocenters. The molecule has 1 amide bonds. The third-order valence-corrected chi connectivity index (χ3v) is 5.73. The third kappa shape index (κ3) is 5.60. The summed E-state index contributed by atoms with van der Waals surface area (Å²) in [6.07, 6.45) is 0.970. The standard InChI is InChI=1S/C22H26N4O2S/c1-4-16(17-8-6-5-7-9-17)14-23-21(27)15(2)29-22-24-20(25-26-22)18-10-12-19(28-3)13-11-18/h5-13,15-16H,4,14H2,1-3H3,(H,23,27)(H,24,25,26)/t15-,16-/m1/s1. The predicted octanol–water partition coefficient (Wildman–Crippen LogP) is 4.27. The molecule has 2 aromatic carbocycles. The number of rotatable bonds is 9. The summed E-state index contributed by atoms with van der Waals surface area (Å²) in [6, 6.07) is 17.8. The number of hydrogen-bond acceptors (Lipinski definition) is 5. The average Bonchev–Trinajstić information content (AvgIpc) is 3.23. The third-order valence-electron chi connectivity index (χ3n) is 4.77. The Kier molecular flexibility index (Phi) is 7.30. The molecule has 2 atom stereocenters. The number of ether oxygens (including phenoxy) is 1. The maximum absolute atomic E-state index is 12.5. The van der Waals surface area contributed by atoms with E-state index in [-0.39, 0.29) is 11.2 Å². The van der Waals surface area contributed by atoms with Crippen molar-refractivity contribution in [1.82, 2.24) is 20.5 Å². The molecule has 0 saturated heterocycles. The van der Waals surface area contributed by atoms with Crippen LogP contribution < -0.4 is 10.1 Å². The summed E-state index contributed by atoms with van der Waals surface area (Å²) in [5.74, 6) is 1.75. The van der Waals surface area contributed by atoms with Gasteiger partial charge in [0.1, 0.15) is 5.75 Å². The SMILES string of the molecule is CC[C@H](CNC(=O)[C@@H](C)Sc1n[nH]c(-c2ccc(OC)cc2)n1)c1ccccc1. The van der Waals surface area contributed by atoms with Crippen LogP contribution in [-0.4, -0.2) is 40.0 Å². The van der Waals surface area contributed by atoms with E-state index < -0.39 is 0 Å². The minimum atomic E-state index is -0.289. The topological polar surface area (TPSA) is 79.9 Å². The van der Waals surface area contributed by atoms with Gasteiger partial charge in [-0.25, -0.2) is 4.98 Å². The summed E-state index contributed by atoms with van der Waals surface area (Å²) in [5.41, 5.74) is 2.16. The minimum absolute atomic E-state index is 0.0137. The van der Waals surface area contributed by atoms with E-state index in [2.05, 4.69) is 39.6 Å². The molecular formula is C22H26N4O2S. The summed E-state index contributed by atoms with van der Waals surface area (Å²) in [4.78, 5) is 17.0. The molecule has 29 heavy (non-hydrogen) atoms. The van der Waals surface area contributed by atoms with Crippen LogP contribution in [0.3, 0.4) is 0 Å². The molecule has 0 spiro atoms. The summed E-state index contributed by atoms with van der Waals surface area (Å²) < 4.78 is 5.17. The van der Waals surface area contributed by atoms with Gasteiger partial charge in [0.2, 0.25) is 11.1 Å². The van der Waals surface area contributed by atoms with Crippen LogP contribution >= 0.6 is 11.8 Å². The molecule has 0 aliphatic heterocycles. The Morgan fingerprint density at radius 1 is 1.17 bits per heavy atom. The number of aromatic nitrogens is 3. The van der Waals surface area contributed by atoms with Crippen LogP contribution in [-0.2, 0) is 4.79 Å². The van der Waals surface area contributed by atoms with Crippen molar-refractivity contribution < 1.29 is 9.53 Å². The van der Waals surface area contributed by atoms with Gasteiger partial charge >= 0.3 is 0 Å². The molecule has 2 N–H and O–H groups in total. The first-order valence-electron chi connectivity index (χ1n) is 9.66. The summed E-state index contributed by atoms with van der Waals surface area (Å²) >= 11 is 1.34. The fourth-order valence-corrected chi connectivity index (χ4v) is 3.73. The van der Waals surface area contributed by atoms with Crippen LogP contribution in [0.15, 0.2) is 59.8 Å². The first-order valence-corrected chi connectivity index (χ1v) is 10.5. The van der Waals surface area contributed by atoms with Crippen LogP contribution in [0.1, 0.15) is 31.7 Å². The molecule has 3 aromatic rings. The highest BCUT2D eigenvalue weighted by atomic mass is 32.2. The largest absolute Gasteiger partial charge is 0.497 e. The van der Waals surface area contributed by atoms with E-state index >= 15 is 0 Å². The van der Waals surface area contributed by atoms with E-state index in [1.807, 2.05) is 49.4 Å². The second-order valence-electron chi connectivity index (χ2n) is 6.72. The van der Waals surface area contributed by atoms with E-state index in [1.165, 1.54) is 17.3 Å². The highest BCUT2D eigenvalue weighted by Gasteiger charge is 2.19. The molecule has 0 aliphatic carbocycles. The van der Waals surface area contributed by atoms with Crippen LogP contribution in [0, 0.1) is 0 Å². The lowest BCUT2D eigenvalue weighted by atomic mass is 9.96. The Morgan fingerprint density at radius 2 is 1.90 bits per heavy atom. The van der Waals surface area contributed by atoms with Gasteiger partial charge in [0, 0.05) is 18.0 Å². The Hall–Kier alpha value is -2.80. The number of nitrogens with zero attached hydrogens (tertiary/aromatic N) is 2. The number of thioether (sulfide) groups is 1. The van der Waals surface area contributed by atoms with Crippen molar-refractivity contribution in [2.24, 2.45) is 0 Å². The van der Waals surface area contributed by atoms with Crippen molar-refractivity contribution in [1.29, 1.82) is 0 Å². The number of benzene rings is 2. The molecule has 152 valence electrons. The number of carbonyl (C=O) groups is 1. The highest BCUT2D eigenvalue weighted by Crippen LogP contribution is 2.24. The number of H-pyrrole nitrogens is 1. The molecule has 1 heterocycles. The van der Waals surface area contributed by atoms with Crippen molar-refractivity contribution >= 4 is 17.7 Å². The van der Waals surface area contributed by atoms with E-state index in [0.29, 0.717) is 23.4 Å². The van der Waals surface area contributed by atoms with E-state index in [0.717, 1.165) is 17.7 Å². The van der Waals surface area contributed by atoms with Crippen molar-refractivity contribution in [3.8, 4) is 17.1 Å². The van der Waals surface area contributed by atoms with E-state index in [9.17, 15) is 4.79 Å². The van der Waals surface area contributed by atoms with Crippen molar-refractivity contribution in [2.75, 3.05) is 13.7 Å². The summed E-state index contributed by atoms with van der Waals surface area (Å²) in [7, 11) is 1.63. The zero-order chi connectivity index (χ0) is 20.6. The number of carbonyl (C=O) groups excluding carboxylic acids is 1. The van der Waals surface area contributed by atoms with Crippen molar-refractivity contribution in [3.05, 3.63) is 60.2 Å². The van der Waals surface area contributed by atoms with Gasteiger partial charge in [0.15, 0.2) is 5.82 Å². The summed E-state index contributed by atoms with van der Waals surface area (Å²) in [5, 5.41) is 10.5. The zero-order valence-electron chi connectivity index (χ0n) is 16.9. The van der Waals surface area contributed by atoms with Gasteiger partial charge in [0.05, 0.1) is 12.4 Å². The zero-order valence-corrected chi connectivity index (χ0v) is 17.7. The predicted molar refractivity (Wildman–Crippen MR) is 116 cm³/mol. The van der Waals surface area contributed by atoms with Gasteiger partial charge in [0.25, 0.3) is 0 Å². The van der Waals surface area contributed by atoms with Gasteiger partial charge in [-0.2, -0.15) is 0 Å². The quantitative estimate of drug-likeness (QED) is 0.515. The fraction of sp³-hybridized carbons (Fsp3) is 0.318. The van der Waals surface area contributed by atoms with Crippen molar-refractivity contribution in [3.63, 3.8) is 0 Å². The molecule has 0 radical (unpaired) electrons. The lowest BCUT2D eigenvalue weighted by Crippen LogP contribution is -2.34. The molecule has 0 fully saturated rings. The van der Waals surface area contributed by atoms with Gasteiger partial charge < -0.3 is 10.1 Å². The van der Waals surface area contributed by atoms with Gasteiger partial charge in [-0.1, -0.05) is 49.0 Å². The molecule has 0 bridgehead atoms. The molecular weight excluding hydrogens is 384 g/mol. The monoisotopic (exact) mass is 410 g/mol. The average molecular weight is 411 g/mol. The maximum Gasteiger partial charge on any atom is 0.233 e. The van der Waals surface area contributed by atoms with Crippen LogP contribution in [0.4, 0.5) is 0 Å². The first kappa shape index (κ1) is 20.9. The number of amides is 1. The molecule has 7 heteroatoms. The molecule has 3 rings (SSSR count). The molecule has 0 aliphatic rings. The first-order chi connectivity index (χ1) is 14.1. The smallest absolute Gasteiger partial charge is 0.233 e. The Balaban J connectivity index is 1.55.